The summed E-state index contributed by atoms with van der Waals surface area (Å²) in [6.45, 7) is 0.299. The number of rotatable bonds is 6. The molecule has 2 rings (SSSR count). The molecule has 0 aliphatic rings. The highest BCUT2D eigenvalue weighted by Crippen LogP contribution is 2.25. The summed E-state index contributed by atoms with van der Waals surface area (Å²) < 4.78 is 4.79. The maximum absolute atomic E-state index is 11.7. The van der Waals surface area contributed by atoms with E-state index in [1.807, 2.05) is 6.07 Å². The van der Waals surface area contributed by atoms with Gasteiger partial charge in [0.1, 0.15) is 6.26 Å². The van der Waals surface area contributed by atoms with Crippen LogP contribution in [0.15, 0.2) is 41.2 Å². The number of furan rings is 1. The number of benzene rings is 1. The van der Waals surface area contributed by atoms with Gasteiger partial charge in [-0.05, 0) is 24.1 Å². The molecule has 0 fully saturated rings. The molecule has 0 aliphatic heterocycles. The van der Waals surface area contributed by atoms with E-state index >= 15 is 0 Å². The minimum absolute atomic E-state index is 0.104. The van der Waals surface area contributed by atoms with Crippen molar-refractivity contribution >= 4 is 35.0 Å². The SMILES string of the molecule is O=C(CNC(=O)c1ccoc1)NCCc1cccc(Cl)c1Cl. The molecule has 0 bridgehead atoms. The first-order valence-electron chi connectivity index (χ1n) is 6.58. The molecule has 116 valence electrons. The average Bonchev–Trinajstić information content (AvgIpc) is 3.03. The Bertz CT molecular complexity index is 657. The molecule has 5 nitrogen and oxygen atoms in total. The molecular formula is C15H14Cl2N2O3. The second kappa shape index (κ2) is 7.87. The van der Waals surface area contributed by atoms with Crippen molar-refractivity contribution in [3.05, 3.63) is 58.0 Å². The van der Waals surface area contributed by atoms with Crippen LogP contribution in [0.25, 0.3) is 0 Å². The lowest BCUT2D eigenvalue weighted by atomic mass is 10.1. The molecule has 0 unspecified atom stereocenters. The van der Waals surface area contributed by atoms with Crippen molar-refractivity contribution in [1.29, 1.82) is 0 Å². The Morgan fingerprint density at radius 3 is 2.68 bits per heavy atom. The van der Waals surface area contributed by atoms with E-state index in [0.717, 1.165) is 5.56 Å². The van der Waals surface area contributed by atoms with E-state index in [1.165, 1.54) is 18.6 Å². The van der Waals surface area contributed by atoms with Crippen LogP contribution in [-0.4, -0.2) is 24.9 Å². The van der Waals surface area contributed by atoms with Crippen LogP contribution >= 0.6 is 23.2 Å². The Balaban J connectivity index is 1.72. The van der Waals surface area contributed by atoms with Crippen molar-refractivity contribution in [2.75, 3.05) is 13.1 Å². The Morgan fingerprint density at radius 1 is 1.14 bits per heavy atom. The molecule has 1 heterocycles. The van der Waals surface area contributed by atoms with Gasteiger partial charge in [0.15, 0.2) is 0 Å². The highest BCUT2D eigenvalue weighted by molar-refractivity contribution is 6.42. The lowest BCUT2D eigenvalue weighted by Gasteiger charge is -2.08. The van der Waals surface area contributed by atoms with Gasteiger partial charge in [0.2, 0.25) is 5.91 Å². The second-order valence-corrected chi connectivity index (χ2v) is 5.29. The van der Waals surface area contributed by atoms with Gasteiger partial charge in [0, 0.05) is 6.54 Å². The first-order chi connectivity index (χ1) is 10.6. The number of nitrogens with one attached hydrogen (secondary N) is 2. The highest BCUT2D eigenvalue weighted by atomic mass is 35.5. The number of halogens is 2. The molecule has 0 saturated carbocycles. The lowest BCUT2D eigenvalue weighted by Crippen LogP contribution is -2.37. The molecule has 2 N–H and O–H groups in total. The fraction of sp³-hybridized carbons (Fsp3) is 0.200. The van der Waals surface area contributed by atoms with Crippen molar-refractivity contribution in [2.45, 2.75) is 6.42 Å². The minimum Gasteiger partial charge on any atom is -0.472 e. The first kappa shape index (κ1) is 16.4. The topological polar surface area (TPSA) is 71.3 Å². The van der Waals surface area contributed by atoms with Gasteiger partial charge in [-0.2, -0.15) is 0 Å². The Hall–Kier alpha value is -1.98. The van der Waals surface area contributed by atoms with Crippen molar-refractivity contribution in [3.8, 4) is 0 Å². The van der Waals surface area contributed by atoms with Gasteiger partial charge in [-0.3, -0.25) is 9.59 Å². The molecule has 22 heavy (non-hydrogen) atoms. The van der Waals surface area contributed by atoms with E-state index in [1.54, 1.807) is 12.1 Å². The van der Waals surface area contributed by atoms with E-state index in [-0.39, 0.29) is 18.4 Å². The van der Waals surface area contributed by atoms with Gasteiger partial charge < -0.3 is 15.1 Å². The fourth-order valence-electron chi connectivity index (χ4n) is 1.80. The summed E-state index contributed by atoms with van der Waals surface area (Å²) in [5.41, 5.74) is 1.23. The number of hydrogen-bond acceptors (Lipinski definition) is 3. The Labute approximate surface area is 137 Å². The van der Waals surface area contributed by atoms with E-state index < -0.39 is 0 Å². The monoisotopic (exact) mass is 340 g/mol. The summed E-state index contributed by atoms with van der Waals surface area (Å²) in [6.07, 6.45) is 3.26. The van der Waals surface area contributed by atoms with Gasteiger partial charge in [0.05, 0.1) is 28.4 Å². The van der Waals surface area contributed by atoms with Crippen molar-refractivity contribution in [2.24, 2.45) is 0 Å². The standard InChI is InChI=1S/C15H14Cl2N2O3/c16-12-3-1-2-10(14(12)17)4-6-18-13(20)8-19-15(21)11-5-7-22-9-11/h1-3,5,7,9H,4,6,8H2,(H,18,20)(H,19,21). The molecular weight excluding hydrogens is 327 g/mol. The molecule has 0 radical (unpaired) electrons. The van der Waals surface area contributed by atoms with Gasteiger partial charge in [-0.1, -0.05) is 35.3 Å². The van der Waals surface area contributed by atoms with Crippen molar-refractivity contribution < 1.29 is 14.0 Å². The third-order valence-electron chi connectivity index (χ3n) is 2.94. The van der Waals surface area contributed by atoms with Crippen LogP contribution in [0.1, 0.15) is 15.9 Å². The van der Waals surface area contributed by atoms with E-state index in [9.17, 15) is 9.59 Å². The van der Waals surface area contributed by atoms with Crippen LogP contribution < -0.4 is 10.6 Å². The van der Waals surface area contributed by atoms with E-state index in [4.69, 9.17) is 27.6 Å². The van der Waals surface area contributed by atoms with Crippen LogP contribution in [-0.2, 0) is 11.2 Å². The van der Waals surface area contributed by atoms with Crippen LogP contribution in [0, 0.1) is 0 Å². The smallest absolute Gasteiger partial charge is 0.254 e. The quantitative estimate of drug-likeness (QED) is 0.849. The van der Waals surface area contributed by atoms with Gasteiger partial charge in [-0.15, -0.1) is 0 Å². The highest BCUT2D eigenvalue weighted by Gasteiger charge is 2.09. The molecule has 0 aliphatic carbocycles. The predicted molar refractivity (Wildman–Crippen MR) is 84.2 cm³/mol. The Morgan fingerprint density at radius 2 is 1.95 bits per heavy atom. The maximum atomic E-state index is 11.7. The van der Waals surface area contributed by atoms with E-state index in [2.05, 4.69) is 10.6 Å². The van der Waals surface area contributed by atoms with Crippen LogP contribution in [0.4, 0.5) is 0 Å². The van der Waals surface area contributed by atoms with Gasteiger partial charge in [0.25, 0.3) is 5.91 Å². The van der Waals surface area contributed by atoms with Gasteiger partial charge in [-0.25, -0.2) is 0 Å². The Kier molecular flexibility index (Phi) is 5.86. The molecule has 0 spiro atoms. The summed E-state index contributed by atoms with van der Waals surface area (Å²) in [5, 5.41) is 6.17. The van der Waals surface area contributed by atoms with Gasteiger partial charge >= 0.3 is 0 Å². The summed E-state index contributed by atoms with van der Waals surface area (Å²) in [7, 11) is 0. The third-order valence-corrected chi connectivity index (χ3v) is 3.80. The third kappa shape index (κ3) is 4.51. The molecule has 2 aromatic rings. The zero-order valence-corrected chi connectivity index (χ0v) is 13.1. The predicted octanol–water partition coefficient (Wildman–Crippen LogP) is 2.68. The van der Waals surface area contributed by atoms with Crippen LogP contribution in [0.5, 0.6) is 0 Å². The summed E-state index contributed by atoms with van der Waals surface area (Å²) in [4.78, 5) is 23.3. The van der Waals surface area contributed by atoms with Crippen LogP contribution in [0.2, 0.25) is 10.0 Å². The average molecular weight is 341 g/mol. The zero-order valence-electron chi connectivity index (χ0n) is 11.6. The fourth-order valence-corrected chi connectivity index (χ4v) is 2.21. The second-order valence-electron chi connectivity index (χ2n) is 4.51. The summed E-state index contributed by atoms with van der Waals surface area (Å²) in [6, 6.07) is 6.88. The molecule has 0 saturated heterocycles. The molecule has 2 amide bonds. The van der Waals surface area contributed by atoms with Crippen molar-refractivity contribution in [1.82, 2.24) is 10.6 Å². The largest absolute Gasteiger partial charge is 0.472 e. The normalized spacial score (nSPS) is 10.3. The number of amides is 2. The maximum Gasteiger partial charge on any atom is 0.254 e. The molecule has 1 aromatic carbocycles. The van der Waals surface area contributed by atoms with E-state index in [0.29, 0.717) is 28.6 Å². The summed E-state index contributed by atoms with van der Waals surface area (Å²) in [5.74, 6) is -0.642. The molecule has 7 heteroatoms. The molecule has 1 aromatic heterocycles. The van der Waals surface area contributed by atoms with Crippen molar-refractivity contribution in [3.63, 3.8) is 0 Å². The number of carbonyl (C=O) groups excluding carboxylic acids is 2. The number of carbonyl (C=O) groups is 2. The zero-order chi connectivity index (χ0) is 15.9. The molecule has 0 atom stereocenters. The number of hydrogen-bond donors (Lipinski definition) is 2. The lowest BCUT2D eigenvalue weighted by molar-refractivity contribution is -0.120. The minimum atomic E-state index is -0.359. The first-order valence-corrected chi connectivity index (χ1v) is 7.33. The van der Waals surface area contributed by atoms with Crippen LogP contribution in [0.3, 0.4) is 0 Å². The summed E-state index contributed by atoms with van der Waals surface area (Å²) >= 11 is 12.0.